The van der Waals surface area contributed by atoms with Gasteiger partial charge in [-0.25, -0.2) is 15.0 Å². The topological polar surface area (TPSA) is 83.0 Å². The number of alkyl halides is 2. The second-order valence-corrected chi connectivity index (χ2v) is 9.24. The highest BCUT2D eigenvalue weighted by atomic mass is 19.3. The standard InChI is InChI=1S/C27H28F2N6O2/c1-17-11-25(36)30-9-10-35(17)27-31-13-22(14-32-27)20-7-8-24-33-18(2)21(16-34(24)15-20)12-19-5-3-4-6-23(19)37-26(28)29/h3-8,13-15,17,26H,9-12,16H2,1-2H3,(H,30,36). The fourth-order valence-corrected chi connectivity index (χ4v) is 4.68. The molecule has 0 aliphatic carbocycles. The van der Waals surface area contributed by atoms with Crippen LogP contribution in [0.3, 0.4) is 0 Å². The Morgan fingerprint density at radius 1 is 1.19 bits per heavy atom. The molecule has 37 heavy (non-hydrogen) atoms. The van der Waals surface area contributed by atoms with E-state index in [0.717, 1.165) is 28.2 Å². The van der Waals surface area contributed by atoms with Gasteiger partial charge >= 0.3 is 6.61 Å². The number of carbonyl (C=O) groups excluding carboxylic acids is 1. The lowest BCUT2D eigenvalue weighted by molar-refractivity contribution is -0.120. The molecule has 1 amide bonds. The van der Waals surface area contributed by atoms with Crippen LogP contribution in [0.25, 0.3) is 5.57 Å². The van der Waals surface area contributed by atoms with Crippen molar-refractivity contribution < 1.29 is 18.3 Å². The minimum Gasteiger partial charge on any atom is -0.435 e. The molecule has 10 heteroatoms. The van der Waals surface area contributed by atoms with Crippen molar-refractivity contribution in [2.45, 2.75) is 39.3 Å². The summed E-state index contributed by atoms with van der Waals surface area (Å²) in [6, 6.07) is 6.86. The lowest BCUT2D eigenvalue weighted by Crippen LogP contribution is -2.35. The number of carbonyl (C=O) groups is 1. The summed E-state index contributed by atoms with van der Waals surface area (Å²) >= 11 is 0. The van der Waals surface area contributed by atoms with Crippen LogP contribution in [-0.2, 0) is 11.2 Å². The minimum absolute atomic E-state index is 0.0129. The number of amides is 1. The van der Waals surface area contributed by atoms with Crippen LogP contribution in [0.15, 0.2) is 71.3 Å². The number of para-hydroxylation sites is 1. The van der Waals surface area contributed by atoms with Crippen LogP contribution in [0.5, 0.6) is 5.75 Å². The molecule has 3 aliphatic rings. The zero-order valence-electron chi connectivity index (χ0n) is 20.7. The van der Waals surface area contributed by atoms with E-state index in [-0.39, 0.29) is 17.7 Å². The van der Waals surface area contributed by atoms with E-state index in [2.05, 4.69) is 15.3 Å². The van der Waals surface area contributed by atoms with Gasteiger partial charge < -0.3 is 19.9 Å². The molecule has 1 aromatic carbocycles. The van der Waals surface area contributed by atoms with Gasteiger partial charge in [-0.1, -0.05) is 18.2 Å². The van der Waals surface area contributed by atoms with Crippen molar-refractivity contribution in [1.82, 2.24) is 20.2 Å². The van der Waals surface area contributed by atoms with Gasteiger partial charge in [-0.3, -0.25) is 4.79 Å². The van der Waals surface area contributed by atoms with Crippen LogP contribution in [0.1, 0.15) is 31.4 Å². The monoisotopic (exact) mass is 506 g/mol. The van der Waals surface area contributed by atoms with Crippen LogP contribution >= 0.6 is 0 Å². The summed E-state index contributed by atoms with van der Waals surface area (Å²) in [5.41, 5.74) is 4.37. The number of aromatic nitrogens is 2. The Morgan fingerprint density at radius 2 is 1.97 bits per heavy atom. The van der Waals surface area contributed by atoms with Crippen molar-refractivity contribution in [1.29, 1.82) is 0 Å². The Balaban J connectivity index is 1.32. The molecule has 1 N–H and O–H groups in total. The SMILES string of the molecule is CC1=C(Cc2ccccc2OC(F)F)CN2C=C(c3cnc(N4CCNC(=O)CC4C)nc3)C=CC2=N1. The molecule has 4 heterocycles. The summed E-state index contributed by atoms with van der Waals surface area (Å²) < 4.78 is 30.4. The summed E-state index contributed by atoms with van der Waals surface area (Å²) in [6.45, 7) is 2.85. The fourth-order valence-electron chi connectivity index (χ4n) is 4.68. The van der Waals surface area contributed by atoms with E-state index in [1.54, 1.807) is 30.6 Å². The fraction of sp³-hybridized carbons (Fsp3) is 0.333. The first-order valence-electron chi connectivity index (χ1n) is 12.2. The van der Waals surface area contributed by atoms with Crippen LogP contribution in [-0.4, -0.2) is 58.9 Å². The number of nitrogens with zero attached hydrogens (tertiary/aromatic N) is 5. The van der Waals surface area contributed by atoms with E-state index in [4.69, 9.17) is 9.73 Å². The van der Waals surface area contributed by atoms with Crippen LogP contribution < -0.4 is 15.0 Å². The molecule has 0 bridgehead atoms. The van der Waals surface area contributed by atoms with Crippen molar-refractivity contribution in [3.8, 4) is 5.75 Å². The van der Waals surface area contributed by atoms with Crippen molar-refractivity contribution in [3.05, 3.63) is 77.4 Å². The highest BCUT2D eigenvalue weighted by Crippen LogP contribution is 2.29. The van der Waals surface area contributed by atoms with E-state index in [9.17, 15) is 13.6 Å². The van der Waals surface area contributed by atoms with E-state index >= 15 is 0 Å². The predicted molar refractivity (Wildman–Crippen MR) is 137 cm³/mol. The normalized spacial score (nSPS) is 19.8. The molecule has 1 aromatic heterocycles. The average Bonchev–Trinajstić information content (AvgIpc) is 3.04. The van der Waals surface area contributed by atoms with Gasteiger partial charge in [0.25, 0.3) is 0 Å². The first-order chi connectivity index (χ1) is 17.9. The number of hydrogen-bond acceptors (Lipinski definition) is 7. The Kier molecular flexibility index (Phi) is 6.98. The van der Waals surface area contributed by atoms with Crippen molar-refractivity contribution in [2.24, 2.45) is 4.99 Å². The summed E-state index contributed by atoms with van der Waals surface area (Å²) in [7, 11) is 0. The average molecular weight is 507 g/mol. The maximum Gasteiger partial charge on any atom is 0.387 e. The summed E-state index contributed by atoms with van der Waals surface area (Å²) in [5, 5.41) is 2.88. The molecule has 2 aromatic rings. The van der Waals surface area contributed by atoms with Gasteiger partial charge in [0.05, 0.1) is 0 Å². The predicted octanol–water partition coefficient (Wildman–Crippen LogP) is 3.93. The van der Waals surface area contributed by atoms with Gasteiger partial charge in [-0.2, -0.15) is 8.78 Å². The van der Waals surface area contributed by atoms with Crippen molar-refractivity contribution in [3.63, 3.8) is 0 Å². The molecule has 8 nitrogen and oxygen atoms in total. The highest BCUT2D eigenvalue weighted by molar-refractivity contribution is 6.00. The van der Waals surface area contributed by atoms with E-state index in [1.165, 1.54) is 0 Å². The quantitative estimate of drug-likeness (QED) is 0.639. The number of aliphatic imine (C=N–C) groups is 1. The third-order valence-electron chi connectivity index (χ3n) is 6.66. The smallest absolute Gasteiger partial charge is 0.387 e. The molecule has 0 saturated carbocycles. The molecular formula is C27H28F2N6O2. The summed E-state index contributed by atoms with van der Waals surface area (Å²) in [6.07, 6.45) is 10.4. The van der Waals surface area contributed by atoms with Gasteiger partial charge in [0.15, 0.2) is 0 Å². The maximum atomic E-state index is 12.9. The van der Waals surface area contributed by atoms with Gasteiger partial charge in [0, 0.05) is 73.9 Å². The number of amidine groups is 1. The van der Waals surface area contributed by atoms with E-state index < -0.39 is 6.61 Å². The molecule has 3 aliphatic heterocycles. The number of hydrogen-bond donors (Lipinski definition) is 1. The molecule has 5 rings (SSSR count). The molecular weight excluding hydrogens is 478 g/mol. The van der Waals surface area contributed by atoms with Gasteiger partial charge in [-0.15, -0.1) is 0 Å². The van der Waals surface area contributed by atoms with Crippen LogP contribution in [0.4, 0.5) is 14.7 Å². The molecule has 1 unspecified atom stereocenters. The van der Waals surface area contributed by atoms with E-state index in [1.807, 2.05) is 48.1 Å². The van der Waals surface area contributed by atoms with Gasteiger partial charge in [0.2, 0.25) is 11.9 Å². The third-order valence-corrected chi connectivity index (χ3v) is 6.66. The minimum atomic E-state index is -2.87. The molecule has 1 atom stereocenters. The van der Waals surface area contributed by atoms with E-state index in [0.29, 0.717) is 44.0 Å². The zero-order valence-corrected chi connectivity index (χ0v) is 20.7. The number of anilines is 1. The second-order valence-electron chi connectivity index (χ2n) is 9.24. The van der Waals surface area contributed by atoms with Gasteiger partial charge in [-0.05, 0) is 43.2 Å². The number of nitrogens with one attached hydrogen (secondary N) is 1. The molecule has 192 valence electrons. The molecule has 1 fully saturated rings. The number of benzene rings is 1. The van der Waals surface area contributed by atoms with Crippen LogP contribution in [0.2, 0.25) is 0 Å². The first kappa shape index (κ1) is 24.6. The van der Waals surface area contributed by atoms with Gasteiger partial charge in [0.1, 0.15) is 11.6 Å². The Labute approximate surface area is 214 Å². The number of ether oxygens (including phenoxy) is 1. The lowest BCUT2D eigenvalue weighted by Gasteiger charge is -2.30. The Hall–Kier alpha value is -4.08. The zero-order chi connectivity index (χ0) is 25.9. The first-order valence-corrected chi connectivity index (χ1v) is 12.2. The lowest BCUT2D eigenvalue weighted by atomic mass is 9.99. The second kappa shape index (κ2) is 10.5. The molecule has 1 saturated heterocycles. The van der Waals surface area contributed by atoms with Crippen molar-refractivity contribution >= 4 is 23.3 Å². The molecule has 0 spiro atoms. The van der Waals surface area contributed by atoms with Crippen molar-refractivity contribution in [2.75, 3.05) is 24.5 Å². The highest BCUT2D eigenvalue weighted by Gasteiger charge is 2.24. The Morgan fingerprint density at radius 3 is 2.76 bits per heavy atom. The largest absolute Gasteiger partial charge is 0.435 e. The number of allylic oxidation sites excluding steroid dienone is 3. The number of halogens is 2. The third kappa shape index (κ3) is 5.52. The number of fused-ring (bicyclic) bond motifs is 1. The molecule has 0 radical (unpaired) electrons. The summed E-state index contributed by atoms with van der Waals surface area (Å²) in [4.78, 5) is 29.8. The maximum absolute atomic E-state index is 12.9. The summed E-state index contributed by atoms with van der Waals surface area (Å²) in [5.74, 6) is 1.63. The number of rotatable bonds is 6. The Bertz CT molecular complexity index is 1300. The van der Waals surface area contributed by atoms with Crippen LogP contribution in [0, 0.1) is 0 Å².